The van der Waals surface area contributed by atoms with Gasteiger partial charge < -0.3 is 13.8 Å². The number of carbonyl (C=O) groups excluding carboxylic acids is 1. The Kier molecular flexibility index (Phi) is 10.1. The molecule has 0 bridgehead atoms. The van der Waals surface area contributed by atoms with Crippen molar-refractivity contribution in [1.29, 1.82) is 0 Å². The van der Waals surface area contributed by atoms with E-state index in [2.05, 4.69) is 0 Å². The topological polar surface area (TPSA) is 74.2 Å². The molecule has 7 heteroatoms. The molecular weight excluding hydrogens is 413 g/mol. The molecule has 0 aliphatic rings. The molecule has 6 nitrogen and oxygen atoms in total. The molecule has 2 aromatic rings. The summed E-state index contributed by atoms with van der Waals surface area (Å²) in [6, 6.07) is 19.4. The quantitative estimate of drug-likeness (QED) is 0.238. The number of aliphatic imine (C=N–C) groups is 1. The van der Waals surface area contributed by atoms with Gasteiger partial charge in [-0.2, -0.15) is 0 Å². The van der Waals surface area contributed by atoms with Crippen molar-refractivity contribution < 1.29 is 23.1 Å². The molecule has 2 atom stereocenters. The van der Waals surface area contributed by atoms with Crippen LogP contribution in [0.4, 0.5) is 0 Å². The fourth-order valence-electron chi connectivity index (χ4n) is 3.29. The number of hydrogen-bond acceptors (Lipinski definition) is 6. The van der Waals surface area contributed by atoms with Gasteiger partial charge in [0.15, 0.2) is 5.78 Å². The Hall–Kier alpha value is -2.27. The monoisotopic (exact) mass is 445 g/mol. The molecule has 31 heavy (non-hydrogen) atoms. The van der Waals surface area contributed by atoms with Gasteiger partial charge in [-0.3, -0.25) is 14.4 Å². The Morgan fingerprint density at radius 3 is 1.77 bits per heavy atom. The van der Waals surface area contributed by atoms with Gasteiger partial charge in [-0.05, 0) is 20.8 Å². The van der Waals surface area contributed by atoms with Gasteiger partial charge in [0.25, 0.3) is 0 Å². The van der Waals surface area contributed by atoms with Gasteiger partial charge in [0, 0.05) is 17.0 Å². The van der Waals surface area contributed by atoms with Crippen molar-refractivity contribution in [2.24, 2.45) is 10.9 Å². The summed E-state index contributed by atoms with van der Waals surface area (Å²) in [6.07, 6.45) is 0.0585. The summed E-state index contributed by atoms with van der Waals surface area (Å²) in [4.78, 5) is 17.1. The van der Waals surface area contributed by atoms with Crippen LogP contribution in [0, 0.1) is 5.92 Å². The van der Waals surface area contributed by atoms with Crippen molar-refractivity contribution in [3.05, 3.63) is 71.8 Å². The maximum Gasteiger partial charge on any atom is 0.355 e. The fraction of sp³-hybridized carbons (Fsp3) is 0.417. The molecule has 0 amide bonds. The average molecular weight is 445 g/mol. The molecule has 0 heterocycles. The second-order valence-electron chi connectivity index (χ2n) is 6.99. The summed E-state index contributed by atoms with van der Waals surface area (Å²) in [5.41, 5.74) is 2.42. The van der Waals surface area contributed by atoms with E-state index in [9.17, 15) is 9.36 Å². The Labute approximate surface area is 185 Å². The summed E-state index contributed by atoms with van der Waals surface area (Å²) in [5, 5.41) is 0. The van der Waals surface area contributed by atoms with Crippen LogP contribution >= 0.6 is 7.60 Å². The van der Waals surface area contributed by atoms with Gasteiger partial charge in [0.1, 0.15) is 0 Å². The lowest BCUT2D eigenvalue weighted by molar-refractivity contribution is -0.144. The van der Waals surface area contributed by atoms with Gasteiger partial charge in [-0.15, -0.1) is 0 Å². The van der Waals surface area contributed by atoms with E-state index in [-0.39, 0.29) is 32.2 Å². The minimum absolute atomic E-state index is 0.0585. The summed E-state index contributed by atoms with van der Waals surface area (Å²) in [6.45, 7) is 7.81. The average Bonchev–Trinajstić information content (AvgIpc) is 2.76. The summed E-state index contributed by atoms with van der Waals surface area (Å²) in [5.74, 6) is -1.66. The first-order valence-electron chi connectivity index (χ1n) is 10.7. The molecular formula is C24H32NO5P. The highest BCUT2D eigenvalue weighted by Crippen LogP contribution is 2.56. The van der Waals surface area contributed by atoms with Crippen molar-refractivity contribution in [3.8, 4) is 0 Å². The molecule has 0 aliphatic heterocycles. The van der Waals surface area contributed by atoms with Crippen LogP contribution in [-0.2, 0) is 23.1 Å². The molecule has 0 saturated heterocycles. The number of esters is 1. The maximum absolute atomic E-state index is 13.8. The third-order valence-corrected chi connectivity index (χ3v) is 7.11. The van der Waals surface area contributed by atoms with Crippen molar-refractivity contribution >= 4 is 19.3 Å². The van der Waals surface area contributed by atoms with Crippen LogP contribution in [0.3, 0.4) is 0 Å². The molecule has 0 fully saturated rings. The number of ether oxygens (including phenoxy) is 1. The summed E-state index contributed by atoms with van der Waals surface area (Å²) in [7, 11) is -3.65. The van der Waals surface area contributed by atoms with Gasteiger partial charge in [0.2, 0.25) is 0 Å². The minimum Gasteiger partial charge on any atom is -0.466 e. The number of hydrogen-bond donors (Lipinski definition) is 0. The van der Waals surface area contributed by atoms with Crippen LogP contribution < -0.4 is 0 Å². The van der Waals surface area contributed by atoms with E-state index in [1.54, 1.807) is 20.8 Å². The first-order chi connectivity index (χ1) is 14.9. The normalized spacial score (nSPS) is 13.3. The molecule has 0 saturated carbocycles. The smallest absolute Gasteiger partial charge is 0.355 e. The Morgan fingerprint density at radius 2 is 1.35 bits per heavy atom. The van der Waals surface area contributed by atoms with E-state index in [0.29, 0.717) is 5.71 Å². The standard InChI is InChI=1S/C24H32NO5P/c1-5-28-22(26)18-19(4)24(31(27,29-6-2)30-7-3)25-23(20-14-10-8-11-15-20)21-16-12-9-13-17-21/h8-17,19,24H,5-7,18H2,1-4H3. The number of carbonyl (C=O) groups is 1. The Bertz CT molecular complexity index is 834. The lowest BCUT2D eigenvalue weighted by Gasteiger charge is -2.28. The van der Waals surface area contributed by atoms with Crippen LogP contribution in [-0.4, -0.2) is 37.3 Å². The van der Waals surface area contributed by atoms with Crippen LogP contribution in [0.25, 0.3) is 0 Å². The van der Waals surface area contributed by atoms with E-state index in [4.69, 9.17) is 18.8 Å². The summed E-state index contributed by atoms with van der Waals surface area (Å²) < 4.78 is 30.2. The van der Waals surface area contributed by atoms with E-state index >= 15 is 0 Å². The lowest BCUT2D eigenvalue weighted by Crippen LogP contribution is -2.25. The Morgan fingerprint density at radius 1 is 0.871 bits per heavy atom. The number of benzene rings is 2. The SMILES string of the molecule is CCOC(=O)CC(C)C(N=C(c1ccccc1)c1ccccc1)P(=O)(OCC)OCC. The van der Waals surface area contributed by atoms with Gasteiger partial charge in [0.05, 0.1) is 32.0 Å². The van der Waals surface area contributed by atoms with E-state index in [1.165, 1.54) is 0 Å². The zero-order valence-electron chi connectivity index (χ0n) is 18.7. The molecule has 0 radical (unpaired) electrons. The molecule has 0 spiro atoms. The predicted molar refractivity (Wildman–Crippen MR) is 124 cm³/mol. The van der Waals surface area contributed by atoms with Gasteiger partial charge in [-0.25, -0.2) is 0 Å². The first-order valence-corrected chi connectivity index (χ1v) is 12.3. The highest BCUT2D eigenvalue weighted by molar-refractivity contribution is 7.54. The molecule has 168 valence electrons. The zero-order valence-corrected chi connectivity index (χ0v) is 19.6. The lowest BCUT2D eigenvalue weighted by atomic mass is 10.0. The second-order valence-corrected chi connectivity index (χ2v) is 9.11. The fourth-order valence-corrected chi connectivity index (χ4v) is 5.37. The molecule has 0 aliphatic carbocycles. The van der Waals surface area contributed by atoms with Crippen LogP contribution in [0.15, 0.2) is 65.7 Å². The Balaban J connectivity index is 2.61. The first kappa shape index (κ1) is 25.0. The zero-order chi connectivity index (χ0) is 22.7. The second kappa shape index (κ2) is 12.6. The van der Waals surface area contributed by atoms with Crippen LogP contribution in [0.5, 0.6) is 0 Å². The van der Waals surface area contributed by atoms with E-state index < -0.39 is 19.3 Å². The highest BCUT2D eigenvalue weighted by Gasteiger charge is 2.40. The highest BCUT2D eigenvalue weighted by atomic mass is 31.2. The van der Waals surface area contributed by atoms with Crippen molar-refractivity contribution in [2.45, 2.75) is 39.9 Å². The van der Waals surface area contributed by atoms with Gasteiger partial charge in [-0.1, -0.05) is 67.6 Å². The molecule has 2 aromatic carbocycles. The third-order valence-electron chi connectivity index (χ3n) is 4.60. The third kappa shape index (κ3) is 7.13. The van der Waals surface area contributed by atoms with Crippen molar-refractivity contribution in [1.82, 2.24) is 0 Å². The van der Waals surface area contributed by atoms with Crippen LogP contribution in [0.2, 0.25) is 0 Å². The number of nitrogens with zero attached hydrogens (tertiary/aromatic N) is 1. The maximum atomic E-state index is 13.8. The molecule has 2 rings (SSSR count). The van der Waals surface area contributed by atoms with Gasteiger partial charge >= 0.3 is 13.6 Å². The van der Waals surface area contributed by atoms with E-state index in [0.717, 1.165) is 11.1 Å². The molecule has 0 N–H and O–H groups in total. The van der Waals surface area contributed by atoms with Crippen LogP contribution in [0.1, 0.15) is 45.2 Å². The molecule has 2 unspecified atom stereocenters. The number of rotatable bonds is 12. The summed E-state index contributed by atoms with van der Waals surface area (Å²) >= 11 is 0. The van der Waals surface area contributed by atoms with Crippen molar-refractivity contribution in [2.75, 3.05) is 19.8 Å². The van der Waals surface area contributed by atoms with E-state index in [1.807, 2.05) is 67.6 Å². The molecule has 0 aromatic heterocycles. The van der Waals surface area contributed by atoms with Crippen molar-refractivity contribution in [3.63, 3.8) is 0 Å². The minimum atomic E-state index is -3.65. The predicted octanol–water partition coefficient (Wildman–Crippen LogP) is 5.71. The largest absolute Gasteiger partial charge is 0.466 e.